The van der Waals surface area contributed by atoms with Crippen molar-refractivity contribution >= 4 is 21.5 Å². The van der Waals surface area contributed by atoms with E-state index in [0.717, 1.165) is 17.3 Å². The zero-order valence-corrected chi connectivity index (χ0v) is 11.5. The molecule has 9 nitrogen and oxygen atoms in total. The lowest BCUT2D eigenvalue weighted by Crippen LogP contribution is -2.16. The summed E-state index contributed by atoms with van der Waals surface area (Å²) in [5.74, 6) is 0.160. The summed E-state index contributed by atoms with van der Waals surface area (Å²) >= 11 is 0. The molecule has 0 fully saturated rings. The molecule has 2 aromatic rings. The Hall–Kier alpha value is -2.46. The second-order valence-corrected chi connectivity index (χ2v) is 6.11. The first-order valence-corrected chi connectivity index (χ1v) is 7.50. The Morgan fingerprint density at radius 2 is 2.05 bits per heavy atom. The Labute approximate surface area is 119 Å². The first kappa shape index (κ1) is 13.5. The molecule has 21 heavy (non-hydrogen) atoms. The molecule has 1 aliphatic rings. The largest absolute Gasteiger partial charge is 0.307 e. The average molecular weight is 309 g/mol. The van der Waals surface area contributed by atoms with Crippen molar-refractivity contribution in [2.45, 2.75) is 18.0 Å². The van der Waals surface area contributed by atoms with Crippen LogP contribution in [0.2, 0.25) is 0 Å². The van der Waals surface area contributed by atoms with Crippen LogP contribution in [0, 0.1) is 10.1 Å². The molecule has 0 radical (unpaired) electrons. The predicted octanol–water partition coefficient (Wildman–Crippen LogP) is 0.722. The summed E-state index contributed by atoms with van der Waals surface area (Å²) in [6.45, 7) is 1.07. The number of nitrogens with zero attached hydrogens (tertiary/aromatic N) is 2. The van der Waals surface area contributed by atoms with Gasteiger partial charge >= 0.3 is 0 Å². The summed E-state index contributed by atoms with van der Waals surface area (Å²) in [4.78, 5) is 9.82. The molecule has 0 unspecified atom stereocenters. The normalized spacial score (nSPS) is 13.9. The zero-order chi connectivity index (χ0) is 15.0. The van der Waals surface area contributed by atoms with Gasteiger partial charge < -0.3 is 5.32 Å². The Kier molecular flexibility index (Phi) is 3.11. The summed E-state index contributed by atoms with van der Waals surface area (Å²) in [6, 6.07) is 5.17. The van der Waals surface area contributed by atoms with Gasteiger partial charge in [-0.15, -0.1) is 0 Å². The first-order valence-electron chi connectivity index (χ1n) is 6.02. The van der Waals surface area contributed by atoms with Gasteiger partial charge in [0.25, 0.3) is 15.7 Å². The number of rotatable bonds is 4. The summed E-state index contributed by atoms with van der Waals surface area (Å²) in [5.41, 5.74) is 1.04. The molecule has 110 valence electrons. The number of nitro groups is 1. The lowest BCUT2D eigenvalue weighted by atomic mass is 10.3. The van der Waals surface area contributed by atoms with Crippen molar-refractivity contribution in [3.63, 3.8) is 0 Å². The van der Waals surface area contributed by atoms with Gasteiger partial charge in [0.1, 0.15) is 0 Å². The Balaban J connectivity index is 2.00. The molecule has 0 aliphatic carbocycles. The lowest BCUT2D eigenvalue weighted by molar-refractivity contribution is -0.387. The minimum Gasteiger partial charge on any atom is -0.307 e. The summed E-state index contributed by atoms with van der Waals surface area (Å²) < 4.78 is 27.0. The van der Waals surface area contributed by atoms with Gasteiger partial charge in [-0.05, 0) is 6.07 Å². The van der Waals surface area contributed by atoms with Gasteiger partial charge in [-0.3, -0.25) is 19.9 Å². The molecule has 0 saturated heterocycles. The van der Waals surface area contributed by atoms with Crippen molar-refractivity contribution in [1.82, 2.24) is 15.5 Å². The van der Waals surface area contributed by atoms with E-state index in [9.17, 15) is 18.5 Å². The smallest absolute Gasteiger partial charge is 0.289 e. The van der Waals surface area contributed by atoms with Crippen molar-refractivity contribution in [2.24, 2.45) is 0 Å². The Morgan fingerprint density at radius 1 is 1.29 bits per heavy atom. The van der Waals surface area contributed by atoms with Crippen molar-refractivity contribution in [1.29, 1.82) is 0 Å². The van der Waals surface area contributed by atoms with Gasteiger partial charge in [-0.25, -0.2) is 8.42 Å². The minimum absolute atomic E-state index is 0.160. The molecule has 10 heteroatoms. The highest BCUT2D eigenvalue weighted by atomic mass is 32.2. The van der Waals surface area contributed by atoms with Gasteiger partial charge in [0.15, 0.2) is 10.7 Å². The maximum atomic E-state index is 12.3. The Bertz CT molecular complexity index is 814. The fraction of sp³-hybridized carbons (Fsp3) is 0.182. The zero-order valence-electron chi connectivity index (χ0n) is 10.7. The highest BCUT2D eigenvalue weighted by Crippen LogP contribution is 2.27. The van der Waals surface area contributed by atoms with Crippen LogP contribution >= 0.6 is 0 Å². The van der Waals surface area contributed by atoms with Gasteiger partial charge in [-0.2, -0.15) is 5.10 Å². The molecule has 0 saturated carbocycles. The molecule has 1 aromatic carbocycles. The molecule has 2 heterocycles. The van der Waals surface area contributed by atoms with Crippen LogP contribution in [-0.2, 0) is 23.1 Å². The van der Waals surface area contributed by atoms with Crippen molar-refractivity contribution < 1.29 is 13.3 Å². The van der Waals surface area contributed by atoms with Crippen LogP contribution in [0.3, 0.4) is 0 Å². The van der Waals surface area contributed by atoms with Gasteiger partial charge in [-0.1, -0.05) is 12.1 Å². The van der Waals surface area contributed by atoms with E-state index in [4.69, 9.17) is 0 Å². The summed E-state index contributed by atoms with van der Waals surface area (Å²) in [7, 11) is -4.08. The Morgan fingerprint density at radius 3 is 2.81 bits per heavy atom. The number of aromatic amines is 1. The number of hydrogen-bond acceptors (Lipinski definition) is 6. The van der Waals surface area contributed by atoms with E-state index >= 15 is 0 Å². The lowest BCUT2D eigenvalue weighted by Gasteiger charge is -2.07. The fourth-order valence-electron chi connectivity index (χ4n) is 2.15. The molecule has 0 amide bonds. The molecule has 0 spiro atoms. The van der Waals surface area contributed by atoms with Crippen LogP contribution in [0.25, 0.3) is 0 Å². The third kappa shape index (κ3) is 2.34. The van der Waals surface area contributed by atoms with Crippen molar-refractivity contribution in [2.75, 3.05) is 4.72 Å². The maximum absolute atomic E-state index is 12.3. The number of fused-ring (bicyclic) bond motifs is 1. The second kappa shape index (κ2) is 4.82. The van der Waals surface area contributed by atoms with Crippen LogP contribution in [0.1, 0.15) is 11.3 Å². The van der Waals surface area contributed by atoms with E-state index in [1.165, 1.54) is 18.2 Å². The predicted molar refractivity (Wildman–Crippen MR) is 73.0 cm³/mol. The van der Waals surface area contributed by atoms with Gasteiger partial charge in [0, 0.05) is 24.7 Å². The van der Waals surface area contributed by atoms with E-state index in [-0.39, 0.29) is 5.82 Å². The van der Waals surface area contributed by atoms with Crippen LogP contribution < -0.4 is 10.0 Å². The van der Waals surface area contributed by atoms with E-state index in [2.05, 4.69) is 20.2 Å². The first-order chi connectivity index (χ1) is 9.99. The van der Waals surface area contributed by atoms with Gasteiger partial charge in [0.2, 0.25) is 0 Å². The number of H-pyrrole nitrogens is 1. The number of anilines is 1. The maximum Gasteiger partial charge on any atom is 0.289 e. The molecule has 0 bridgehead atoms. The molecular weight excluding hydrogens is 298 g/mol. The molecule has 3 N–H and O–H groups in total. The summed E-state index contributed by atoms with van der Waals surface area (Å²) in [5, 5.41) is 20.6. The van der Waals surface area contributed by atoms with Crippen LogP contribution in [-0.4, -0.2) is 23.5 Å². The number of sulfonamides is 1. The van der Waals surface area contributed by atoms with Crippen LogP contribution in [0.15, 0.2) is 29.2 Å². The van der Waals surface area contributed by atoms with E-state index in [1.807, 2.05) is 0 Å². The van der Waals surface area contributed by atoms with Crippen LogP contribution in [0.5, 0.6) is 0 Å². The number of hydrogen-bond donors (Lipinski definition) is 3. The van der Waals surface area contributed by atoms with Crippen molar-refractivity contribution in [3.05, 3.63) is 45.6 Å². The highest BCUT2D eigenvalue weighted by molar-refractivity contribution is 7.92. The topological polar surface area (TPSA) is 130 Å². The summed E-state index contributed by atoms with van der Waals surface area (Å²) in [6.07, 6.45) is 0. The standard InChI is InChI=1S/C11H11N5O4S/c17-16(18)9-3-1-2-4-10(9)21(19,20)15-11-7-5-12-6-8(7)13-14-11/h1-4,12H,5-6H2,(H2,13,14,15). The third-order valence-electron chi connectivity index (χ3n) is 3.14. The van der Waals surface area contributed by atoms with E-state index in [1.54, 1.807) is 0 Å². The third-order valence-corrected chi connectivity index (χ3v) is 4.53. The monoisotopic (exact) mass is 309 g/mol. The molecule has 1 aromatic heterocycles. The highest BCUT2D eigenvalue weighted by Gasteiger charge is 2.28. The number of benzene rings is 1. The number of aromatic nitrogens is 2. The average Bonchev–Trinajstić information content (AvgIpc) is 3.04. The SMILES string of the molecule is O=[N+]([O-])c1ccccc1S(=O)(=O)Nc1n[nH]c2c1CNC2. The quantitative estimate of drug-likeness (QED) is 0.563. The molecule has 1 aliphatic heterocycles. The number of para-hydroxylation sites is 1. The molecule has 3 rings (SSSR count). The minimum atomic E-state index is -4.08. The van der Waals surface area contributed by atoms with Crippen LogP contribution in [0.4, 0.5) is 11.5 Å². The molecular formula is C11H11N5O4S. The number of nitro benzene ring substituents is 1. The van der Waals surface area contributed by atoms with E-state index < -0.39 is 25.5 Å². The fourth-order valence-corrected chi connectivity index (χ4v) is 3.36. The van der Waals surface area contributed by atoms with E-state index in [0.29, 0.717) is 13.1 Å². The number of nitrogens with one attached hydrogen (secondary N) is 3. The second-order valence-electron chi connectivity index (χ2n) is 4.46. The van der Waals surface area contributed by atoms with Gasteiger partial charge in [0.05, 0.1) is 10.6 Å². The van der Waals surface area contributed by atoms with Crippen molar-refractivity contribution in [3.8, 4) is 0 Å². The molecule has 0 atom stereocenters.